The Kier molecular flexibility index (Phi) is 4.20. The van der Waals surface area contributed by atoms with Crippen molar-refractivity contribution in [2.75, 3.05) is 6.54 Å². The highest BCUT2D eigenvalue weighted by Crippen LogP contribution is 2.29. The molecule has 0 aliphatic carbocycles. The summed E-state index contributed by atoms with van der Waals surface area (Å²) < 4.78 is 19.5. The summed E-state index contributed by atoms with van der Waals surface area (Å²) >= 11 is 0. The number of amides is 1. The van der Waals surface area contributed by atoms with Gasteiger partial charge in [0.25, 0.3) is 0 Å². The van der Waals surface area contributed by atoms with Gasteiger partial charge >= 0.3 is 0 Å². The molecule has 1 fully saturated rings. The second-order valence-corrected chi connectivity index (χ2v) is 5.45. The summed E-state index contributed by atoms with van der Waals surface area (Å²) in [4.78, 5) is 14.1. The van der Waals surface area contributed by atoms with Gasteiger partial charge < -0.3 is 9.64 Å². The zero-order valence-corrected chi connectivity index (χ0v) is 12.4. The second kappa shape index (κ2) is 6.28. The fraction of sp³-hybridized carbons (Fsp3) is 0.278. The predicted octanol–water partition coefficient (Wildman–Crippen LogP) is 3.31. The molecule has 2 aromatic carbocycles. The molecule has 0 radical (unpaired) electrons. The third-order valence-electron chi connectivity index (χ3n) is 3.95. The zero-order valence-electron chi connectivity index (χ0n) is 12.4. The van der Waals surface area contributed by atoms with Gasteiger partial charge in [-0.05, 0) is 24.1 Å². The van der Waals surface area contributed by atoms with Gasteiger partial charge in [0.1, 0.15) is 18.1 Å². The summed E-state index contributed by atoms with van der Waals surface area (Å²) in [6.45, 7) is 2.35. The molecule has 22 heavy (non-hydrogen) atoms. The number of halogens is 1. The van der Waals surface area contributed by atoms with Crippen molar-refractivity contribution in [3.05, 3.63) is 71.5 Å². The summed E-state index contributed by atoms with van der Waals surface area (Å²) in [7, 11) is 0. The lowest BCUT2D eigenvalue weighted by Gasteiger charge is -2.19. The van der Waals surface area contributed by atoms with E-state index in [1.54, 1.807) is 23.1 Å². The number of ether oxygens (including phenoxy) is 1. The Hall–Kier alpha value is -2.20. The van der Waals surface area contributed by atoms with E-state index in [4.69, 9.17) is 4.74 Å². The van der Waals surface area contributed by atoms with Crippen molar-refractivity contribution in [3.63, 3.8) is 0 Å². The Labute approximate surface area is 129 Å². The number of hydrogen-bond acceptors (Lipinski definition) is 2. The van der Waals surface area contributed by atoms with Crippen LogP contribution in [0.2, 0.25) is 0 Å². The average Bonchev–Trinajstić information content (AvgIpc) is 2.92. The van der Waals surface area contributed by atoms with Crippen LogP contribution in [0.5, 0.6) is 0 Å². The van der Waals surface area contributed by atoms with Crippen LogP contribution in [0.3, 0.4) is 0 Å². The van der Waals surface area contributed by atoms with E-state index < -0.39 is 0 Å². The van der Waals surface area contributed by atoms with E-state index in [9.17, 15) is 9.18 Å². The van der Waals surface area contributed by atoms with Crippen LogP contribution in [0.4, 0.5) is 4.39 Å². The Balaban J connectivity index is 1.70. The minimum absolute atomic E-state index is 0.0574. The minimum Gasteiger partial charge on any atom is -0.349 e. The number of rotatable bonds is 3. The molecule has 3 rings (SSSR count). The fourth-order valence-electron chi connectivity index (χ4n) is 2.74. The average molecular weight is 299 g/mol. The summed E-state index contributed by atoms with van der Waals surface area (Å²) in [6.07, 6.45) is -0.368. The van der Waals surface area contributed by atoms with Crippen LogP contribution in [-0.4, -0.2) is 23.6 Å². The van der Waals surface area contributed by atoms with E-state index in [0.717, 1.165) is 5.56 Å². The van der Waals surface area contributed by atoms with Gasteiger partial charge in [-0.2, -0.15) is 0 Å². The van der Waals surface area contributed by atoms with Gasteiger partial charge in [0.2, 0.25) is 5.91 Å². The number of nitrogens with zero attached hydrogens (tertiary/aromatic N) is 1. The molecule has 4 heteroatoms. The molecule has 1 saturated heterocycles. The van der Waals surface area contributed by atoms with Crippen molar-refractivity contribution in [1.29, 1.82) is 0 Å². The maximum absolute atomic E-state index is 13.7. The molecule has 1 heterocycles. The number of carbonyl (C=O) groups is 1. The highest BCUT2D eigenvalue weighted by molar-refractivity contribution is 5.79. The van der Waals surface area contributed by atoms with Gasteiger partial charge in [0.05, 0.1) is 13.0 Å². The first-order valence-electron chi connectivity index (χ1n) is 7.38. The summed E-state index contributed by atoms with van der Waals surface area (Å²) in [5.41, 5.74) is 1.47. The van der Waals surface area contributed by atoms with Crippen LogP contribution in [0.1, 0.15) is 24.2 Å². The van der Waals surface area contributed by atoms with Crippen LogP contribution in [0.15, 0.2) is 54.6 Å². The van der Waals surface area contributed by atoms with Crippen molar-refractivity contribution >= 4 is 5.91 Å². The normalized spacial score (nSPS) is 21.1. The lowest BCUT2D eigenvalue weighted by atomic mass is 10.1. The smallest absolute Gasteiger partial charge is 0.229 e. The Morgan fingerprint density at radius 2 is 1.86 bits per heavy atom. The third kappa shape index (κ3) is 3.02. The summed E-state index contributed by atoms with van der Waals surface area (Å²) in [5.74, 6) is -0.459. The van der Waals surface area contributed by atoms with E-state index in [-0.39, 0.29) is 30.5 Å². The van der Waals surface area contributed by atoms with Gasteiger partial charge in [0.15, 0.2) is 0 Å². The van der Waals surface area contributed by atoms with Crippen molar-refractivity contribution in [1.82, 2.24) is 4.90 Å². The van der Waals surface area contributed by atoms with E-state index in [1.165, 1.54) is 6.07 Å². The van der Waals surface area contributed by atoms with Gasteiger partial charge in [-0.15, -0.1) is 0 Å². The molecule has 0 aromatic heterocycles. The lowest BCUT2D eigenvalue weighted by Crippen LogP contribution is -2.35. The maximum atomic E-state index is 13.7. The zero-order chi connectivity index (χ0) is 15.5. The van der Waals surface area contributed by atoms with E-state index in [2.05, 4.69) is 0 Å². The number of hydrogen-bond donors (Lipinski definition) is 0. The number of benzene rings is 2. The SMILES string of the molecule is CC1OC(c2ccccc2)CN1C(=O)Cc1ccccc1F. The Bertz CT molecular complexity index is 659. The first kappa shape index (κ1) is 14.7. The fourth-order valence-corrected chi connectivity index (χ4v) is 2.74. The van der Waals surface area contributed by atoms with Gasteiger partial charge in [-0.25, -0.2) is 4.39 Å². The highest BCUT2D eigenvalue weighted by atomic mass is 19.1. The lowest BCUT2D eigenvalue weighted by molar-refractivity contribution is -0.134. The second-order valence-electron chi connectivity index (χ2n) is 5.45. The third-order valence-corrected chi connectivity index (χ3v) is 3.95. The molecule has 0 bridgehead atoms. The summed E-state index contributed by atoms with van der Waals surface area (Å²) in [5, 5.41) is 0. The standard InChI is InChI=1S/C18H18FNO2/c1-13-20(12-17(22-13)14-7-3-2-4-8-14)18(21)11-15-9-5-6-10-16(15)19/h2-10,13,17H,11-12H2,1H3. The maximum Gasteiger partial charge on any atom is 0.229 e. The quantitative estimate of drug-likeness (QED) is 0.870. The molecule has 1 aliphatic rings. The molecule has 0 spiro atoms. The van der Waals surface area contributed by atoms with Crippen molar-refractivity contribution in [2.24, 2.45) is 0 Å². The molecule has 114 valence electrons. The van der Waals surface area contributed by atoms with Crippen molar-refractivity contribution in [3.8, 4) is 0 Å². The number of carbonyl (C=O) groups excluding carboxylic acids is 1. The molecule has 1 aliphatic heterocycles. The Morgan fingerprint density at radius 1 is 1.18 bits per heavy atom. The summed E-state index contributed by atoms with van der Waals surface area (Å²) in [6, 6.07) is 16.2. The van der Waals surface area contributed by atoms with Crippen molar-refractivity contribution in [2.45, 2.75) is 25.7 Å². The first-order chi connectivity index (χ1) is 10.6. The van der Waals surface area contributed by atoms with Gasteiger partial charge in [-0.3, -0.25) is 4.79 Å². The van der Waals surface area contributed by atoms with E-state index >= 15 is 0 Å². The molecule has 2 atom stereocenters. The largest absolute Gasteiger partial charge is 0.349 e. The van der Waals surface area contributed by atoms with Crippen LogP contribution in [0.25, 0.3) is 0 Å². The van der Waals surface area contributed by atoms with Crippen LogP contribution < -0.4 is 0 Å². The van der Waals surface area contributed by atoms with Gasteiger partial charge in [0, 0.05) is 0 Å². The van der Waals surface area contributed by atoms with Gasteiger partial charge in [-0.1, -0.05) is 48.5 Å². The Morgan fingerprint density at radius 3 is 2.59 bits per heavy atom. The molecule has 0 saturated carbocycles. The topological polar surface area (TPSA) is 29.5 Å². The predicted molar refractivity (Wildman–Crippen MR) is 81.5 cm³/mol. The highest BCUT2D eigenvalue weighted by Gasteiger charge is 2.33. The van der Waals surface area contributed by atoms with E-state index in [1.807, 2.05) is 37.3 Å². The van der Waals surface area contributed by atoms with Crippen LogP contribution >= 0.6 is 0 Å². The molecule has 3 nitrogen and oxygen atoms in total. The molecule has 2 unspecified atom stereocenters. The minimum atomic E-state index is -0.344. The molecule has 0 N–H and O–H groups in total. The molecular formula is C18H18FNO2. The van der Waals surface area contributed by atoms with Crippen LogP contribution in [-0.2, 0) is 16.0 Å². The van der Waals surface area contributed by atoms with E-state index in [0.29, 0.717) is 12.1 Å². The van der Waals surface area contributed by atoms with Crippen molar-refractivity contribution < 1.29 is 13.9 Å². The van der Waals surface area contributed by atoms with Crippen LogP contribution in [0, 0.1) is 5.82 Å². The molecular weight excluding hydrogens is 281 g/mol. The molecule has 2 aromatic rings. The molecule has 1 amide bonds. The first-order valence-corrected chi connectivity index (χ1v) is 7.38. The monoisotopic (exact) mass is 299 g/mol.